The van der Waals surface area contributed by atoms with Crippen LogP contribution < -0.4 is 15.4 Å². The van der Waals surface area contributed by atoms with Crippen molar-refractivity contribution in [1.29, 1.82) is 0 Å². The van der Waals surface area contributed by atoms with E-state index in [4.69, 9.17) is 4.74 Å². The largest absolute Gasteiger partial charge is 0.508 e. The van der Waals surface area contributed by atoms with Crippen molar-refractivity contribution in [2.75, 3.05) is 20.2 Å². The molecule has 1 aliphatic carbocycles. The molecule has 0 radical (unpaired) electrons. The summed E-state index contributed by atoms with van der Waals surface area (Å²) in [5, 5.41) is 26.3. The fourth-order valence-corrected chi connectivity index (χ4v) is 2.90. The van der Waals surface area contributed by atoms with Crippen molar-refractivity contribution >= 4 is 5.96 Å². The summed E-state index contributed by atoms with van der Waals surface area (Å²) in [7, 11) is 1.58. The van der Waals surface area contributed by atoms with Crippen LogP contribution in [0.2, 0.25) is 0 Å². The maximum atomic E-state index is 9.99. The van der Waals surface area contributed by atoms with Gasteiger partial charge >= 0.3 is 0 Å². The Kier molecular flexibility index (Phi) is 7.18. The number of hydrogen-bond donors (Lipinski definition) is 4. The number of aromatic hydroxyl groups is 1. The van der Waals surface area contributed by atoms with E-state index in [1.807, 2.05) is 19.1 Å². The molecule has 0 aliphatic heterocycles. The number of methoxy groups -OCH3 is 1. The van der Waals surface area contributed by atoms with Gasteiger partial charge < -0.3 is 25.6 Å². The number of nitrogens with one attached hydrogen (secondary N) is 2. The number of aliphatic hydroxyl groups excluding tert-OH is 1. The van der Waals surface area contributed by atoms with Gasteiger partial charge in [0.05, 0.1) is 13.2 Å². The van der Waals surface area contributed by atoms with Gasteiger partial charge in [0.1, 0.15) is 11.5 Å². The van der Waals surface area contributed by atoms with E-state index in [0.717, 1.165) is 43.8 Å². The van der Waals surface area contributed by atoms with Crippen LogP contribution in [-0.4, -0.2) is 48.5 Å². The highest BCUT2D eigenvalue weighted by Gasteiger charge is 2.19. The van der Waals surface area contributed by atoms with Crippen LogP contribution in [0.5, 0.6) is 11.5 Å². The molecule has 0 aromatic heterocycles. The number of phenols is 1. The van der Waals surface area contributed by atoms with Gasteiger partial charge in [-0.2, -0.15) is 0 Å². The molecule has 0 unspecified atom stereocenters. The van der Waals surface area contributed by atoms with Crippen molar-refractivity contribution in [3.63, 3.8) is 0 Å². The second kappa shape index (κ2) is 9.37. The Morgan fingerprint density at radius 2 is 2.04 bits per heavy atom. The van der Waals surface area contributed by atoms with E-state index in [-0.39, 0.29) is 11.9 Å². The topological polar surface area (TPSA) is 86.1 Å². The summed E-state index contributed by atoms with van der Waals surface area (Å²) in [5.41, 5.74) is 0.858. The van der Waals surface area contributed by atoms with Crippen LogP contribution in [0.15, 0.2) is 23.2 Å². The monoisotopic (exact) mass is 335 g/mol. The van der Waals surface area contributed by atoms with E-state index in [1.165, 1.54) is 0 Å². The first kappa shape index (κ1) is 18.4. The average molecular weight is 335 g/mol. The molecule has 6 heteroatoms. The highest BCUT2D eigenvalue weighted by Crippen LogP contribution is 2.23. The summed E-state index contributed by atoms with van der Waals surface area (Å²) < 4.78 is 5.09. The summed E-state index contributed by atoms with van der Waals surface area (Å²) in [4.78, 5) is 4.60. The predicted molar refractivity (Wildman–Crippen MR) is 95.7 cm³/mol. The second-order valence-electron chi connectivity index (χ2n) is 6.16. The maximum Gasteiger partial charge on any atom is 0.191 e. The third-order valence-electron chi connectivity index (χ3n) is 4.33. The van der Waals surface area contributed by atoms with Crippen molar-refractivity contribution in [3.8, 4) is 11.5 Å². The molecule has 6 nitrogen and oxygen atoms in total. The van der Waals surface area contributed by atoms with E-state index in [0.29, 0.717) is 24.8 Å². The van der Waals surface area contributed by atoms with Gasteiger partial charge in [0, 0.05) is 25.2 Å². The van der Waals surface area contributed by atoms with Gasteiger partial charge in [-0.25, -0.2) is 0 Å². The van der Waals surface area contributed by atoms with E-state index >= 15 is 0 Å². The van der Waals surface area contributed by atoms with Crippen molar-refractivity contribution in [1.82, 2.24) is 10.6 Å². The van der Waals surface area contributed by atoms with E-state index < -0.39 is 0 Å². The van der Waals surface area contributed by atoms with Crippen LogP contribution in [0.3, 0.4) is 0 Å². The number of aliphatic imine (C=N–C) groups is 1. The fourth-order valence-electron chi connectivity index (χ4n) is 2.90. The molecule has 0 spiro atoms. The molecule has 2 rings (SSSR count). The van der Waals surface area contributed by atoms with Crippen LogP contribution in [0.25, 0.3) is 0 Å². The summed E-state index contributed by atoms with van der Waals surface area (Å²) in [5.74, 6) is 1.69. The molecule has 1 aromatic carbocycles. The molecule has 0 atom stereocenters. The van der Waals surface area contributed by atoms with Crippen LogP contribution in [0, 0.1) is 0 Å². The molecular weight excluding hydrogens is 306 g/mol. The van der Waals surface area contributed by atoms with E-state index in [9.17, 15) is 10.2 Å². The molecule has 1 saturated carbocycles. The number of phenolic OH excluding ortho intramolecular Hbond substituents is 1. The Morgan fingerprint density at radius 3 is 2.67 bits per heavy atom. The lowest BCUT2D eigenvalue weighted by atomic mass is 9.93. The molecule has 1 fully saturated rings. The minimum absolute atomic E-state index is 0.152. The lowest BCUT2D eigenvalue weighted by Crippen LogP contribution is -2.45. The third-order valence-corrected chi connectivity index (χ3v) is 4.33. The van der Waals surface area contributed by atoms with Gasteiger partial charge in [-0.3, -0.25) is 4.99 Å². The summed E-state index contributed by atoms with van der Waals surface area (Å²) in [6.07, 6.45) is 4.12. The number of nitrogens with zero attached hydrogens (tertiary/aromatic N) is 1. The first-order valence-electron chi connectivity index (χ1n) is 8.71. The first-order chi connectivity index (χ1) is 11.6. The Bertz CT molecular complexity index is 540. The lowest BCUT2D eigenvalue weighted by molar-refractivity contribution is 0.120. The molecule has 0 bridgehead atoms. The van der Waals surface area contributed by atoms with Crippen molar-refractivity contribution in [2.45, 2.75) is 51.2 Å². The number of ether oxygens (including phenoxy) is 1. The molecule has 1 aliphatic rings. The number of benzene rings is 1. The quantitative estimate of drug-likeness (QED) is 0.470. The van der Waals surface area contributed by atoms with Gasteiger partial charge in [-0.1, -0.05) is 6.07 Å². The van der Waals surface area contributed by atoms with E-state index in [1.54, 1.807) is 13.2 Å². The Morgan fingerprint density at radius 1 is 1.29 bits per heavy atom. The molecule has 0 amide bonds. The molecule has 0 saturated heterocycles. The predicted octanol–water partition coefficient (Wildman–Crippen LogP) is 1.80. The van der Waals surface area contributed by atoms with E-state index in [2.05, 4.69) is 15.6 Å². The zero-order valence-corrected chi connectivity index (χ0v) is 14.6. The Labute approximate surface area is 144 Å². The third kappa shape index (κ3) is 5.60. The normalized spacial score (nSPS) is 21.4. The smallest absolute Gasteiger partial charge is 0.191 e. The highest BCUT2D eigenvalue weighted by atomic mass is 16.5. The molecule has 1 aromatic rings. The Hall–Kier alpha value is -1.95. The molecule has 4 N–H and O–H groups in total. The standard InChI is InChI=1S/C18H29N3O3/c1-3-19-18(21-14-5-7-15(22)8-6-14)20-11-10-13-4-9-16(24-2)12-17(13)23/h4,9,12,14-15,22-23H,3,5-8,10-11H2,1-2H3,(H2,19,20,21). The Balaban J connectivity index is 1.88. The minimum Gasteiger partial charge on any atom is -0.508 e. The van der Waals surface area contributed by atoms with Crippen LogP contribution in [0.1, 0.15) is 38.2 Å². The van der Waals surface area contributed by atoms with Gasteiger partial charge in [0.15, 0.2) is 5.96 Å². The van der Waals surface area contributed by atoms with Gasteiger partial charge in [0.2, 0.25) is 0 Å². The molecule has 134 valence electrons. The van der Waals surface area contributed by atoms with Crippen molar-refractivity contribution in [3.05, 3.63) is 23.8 Å². The summed E-state index contributed by atoms with van der Waals surface area (Å²) in [6, 6.07) is 5.69. The maximum absolute atomic E-state index is 9.99. The SMILES string of the molecule is CCNC(=NCCc1ccc(OC)cc1O)NC1CCC(O)CC1. The molecule has 0 heterocycles. The van der Waals surface area contributed by atoms with Crippen molar-refractivity contribution < 1.29 is 14.9 Å². The van der Waals surface area contributed by atoms with Gasteiger partial charge in [0.25, 0.3) is 0 Å². The number of rotatable bonds is 6. The fraction of sp³-hybridized carbons (Fsp3) is 0.611. The first-order valence-corrected chi connectivity index (χ1v) is 8.71. The van der Waals surface area contributed by atoms with Gasteiger partial charge in [-0.15, -0.1) is 0 Å². The van der Waals surface area contributed by atoms with Crippen LogP contribution >= 0.6 is 0 Å². The average Bonchev–Trinajstić information content (AvgIpc) is 2.58. The molecule has 24 heavy (non-hydrogen) atoms. The number of hydrogen-bond acceptors (Lipinski definition) is 4. The zero-order chi connectivity index (χ0) is 17.4. The molecular formula is C18H29N3O3. The van der Waals surface area contributed by atoms with Crippen molar-refractivity contribution in [2.24, 2.45) is 4.99 Å². The number of guanidine groups is 1. The van der Waals surface area contributed by atoms with Gasteiger partial charge in [-0.05, 0) is 50.7 Å². The van der Waals surface area contributed by atoms with Crippen LogP contribution in [-0.2, 0) is 6.42 Å². The summed E-state index contributed by atoms with van der Waals surface area (Å²) in [6.45, 7) is 3.43. The van der Waals surface area contributed by atoms with Crippen LogP contribution in [0.4, 0.5) is 0 Å². The highest BCUT2D eigenvalue weighted by molar-refractivity contribution is 5.80. The zero-order valence-electron chi connectivity index (χ0n) is 14.6. The lowest BCUT2D eigenvalue weighted by Gasteiger charge is -2.27. The minimum atomic E-state index is -0.152. The second-order valence-corrected chi connectivity index (χ2v) is 6.16. The summed E-state index contributed by atoms with van der Waals surface area (Å²) >= 11 is 0. The number of aliphatic hydroxyl groups is 1.